The molecule has 0 saturated heterocycles. The third-order valence-electron chi connectivity index (χ3n) is 2.68. The van der Waals surface area contributed by atoms with Gasteiger partial charge in [0.15, 0.2) is 0 Å². The molecule has 0 aliphatic heterocycles. The lowest BCUT2D eigenvalue weighted by Gasteiger charge is -2.15. The van der Waals surface area contributed by atoms with Crippen LogP contribution in [0.1, 0.15) is 25.5 Å². The number of hydrogen-bond donors (Lipinski definition) is 1. The number of ether oxygens (including phenoxy) is 1. The van der Waals surface area contributed by atoms with Crippen molar-refractivity contribution >= 4 is 0 Å². The van der Waals surface area contributed by atoms with E-state index >= 15 is 0 Å². The summed E-state index contributed by atoms with van der Waals surface area (Å²) in [6.07, 6.45) is 0. The van der Waals surface area contributed by atoms with Crippen LogP contribution in [0, 0.1) is 0 Å². The molecule has 1 aromatic carbocycles. The molecular weight excluding hydrogens is 212 g/mol. The number of likely N-dealkylation sites (N-methyl/N-ethyl adjacent to an activating group) is 1. The second kappa shape index (κ2) is 7.30. The highest BCUT2D eigenvalue weighted by Crippen LogP contribution is 2.18. The third-order valence-corrected chi connectivity index (χ3v) is 2.68. The van der Waals surface area contributed by atoms with Crippen molar-refractivity contribution in [2.75, 3.05) is 33.8 Å². The van der Waals surface area contributed by atoms with Gasteiger partial charge in [0.25, 0.3) is 0 Å². The molecule has 17 heavy (non-hydrogen) atoms. The Bertz CT molecular complexity index is 326. The molecule has 96 valence electrons. The van der Waals surface area contributed by atoms with Crippen LogP contribution in [0.25, 0.3) is 0 Å². The maximum atomic E-state index is 5.72. The predicted molar refractivity (Wildman–Crippen MR) is 72.6 cm³/mol. The second-order valence-corrected chi connectivity index (χ2v) is 4.50. The zero-order chi connectivity index (χ0) is 12.7. The maximum Gasteiger partial charge on any atom is 0.119 e. The molecule has 0 heterocycles. The molecule has 3 nitrogen and oxygen atoms in total. The van der Waals surface area contributed by atoms with E-state index in [4.69, 9.17) is 4.74 Å². The van der Waals surface area contributed by atoms with Gasteiger partial charge in [-0.1, -0.05) is 19.1 Å². The van der Waals surface area contributed by atoms with Crippen LogP contribution in [0.4, 0.5) is 0 Å². The van der Waals surface area contributed by atoms with Crippen molar-refractivity contribution in [3.63, 3.8) is 0 Å². The summed E-state index contributed by atoms with van der Waals surface area (Å²) >= 11 is 0. The van der Waals surface area contributed by atoms with Gasteiger partial charge in [-0.3, -0.25) is 0 Å². The van der Waals surface area contributed by atoms with E-state index in [1.54, 1.807) is 0 Å². The quantitative estimate of drug-likeness (QED) is 0.786. The van der Waals surface area contributed by atoms with Gasteiger partial charge < -0.3 is 15.0 Å². The molecule has 0 radical (unpaired) electrons. The molecule has 1 unspecified atom stereocenters. The van der Waals surface area contributed by atoms with Crippen LogP contribution in [-0.4, -0.2) is 38.7 Å². The second-order valence-electron chi connectivity index (χ2n) is 4.50. The van der Waals surface area contributed by atoms with Gasteiger partial charge in [0.2, 0.25) is 0 Å². The first-order valence-corrected chi connectivity index (χ1v) is 6.24. The normalized spacial score (nSPS) is 12.8. The Kier molecular flexibility index (Phi) is 6.01. The van der Waals surface area contributed by atoms with Gasteiger partial charge in [-0.2, -0.15) is 0 Å². The van der Waals surface area contributed by atoms with Gasteiger partial charge in [0.05, 0.1) is 0 Å². The van der Waals surface area contributed by atoms with Crippen molar-refractivity contribution in [3.05, 3.63) is 29.8 Å². The van der Waals surface area contributed by atoms with Crippen LogP contribution in [0.15, 0.2) is 24.3 Å². The first-order chi connectivity index (χ1) is 8.13. The van der Waals surface area contributed by atoms with Gasteiger partial charge >= 0.3 is 0 Å². The topological polar surface area (TPSA) is 24.5 Å². The van der Waals surface area contributed by atoms with Crippen molar-refractivity contribution in [3.8, 4) is 5.75 Å². The Labute approximate surface area is 105 Å². The predicted octanol–water partition coefficient (Wildman–Crippen LogP) is 2.30. The first-order valence-electron chi connectivity index (χ1n) is 6.24. The maximum absolute atomic E-state index is 5.72. The molecule has 1 rings (SSSR count). The number of nitrogens with zero attached hydrogens (tertiary/aromatic N) is 1. The van der Waals surface area contributed by atoms with E-state index in [9.17, 15) is 0 Å². The summed E-state index contributed by atoms with van der Waals surface area (Å²) in [5.41, 5.74) is 1.27. The number of hydrogen-bond acceptors (Lipinski definition) is 3. The fourth-order valence-electron chi connectivity index (χ4n) is 1.64. The Morgan fingerprint density at radius 3 is 2.76 bits per heavy atom. The fraction of sp³-hybridized carbons (Fsp3) is 0.571. The minimum Gasteiger partial charge on any atom is -0.492 e. The van der Waals surface area contributed by atoms with Crippen molar-refractivity contribution < 1.29 is 4.74 Å². The zero-order valence-electron chi connectivity index (χ0n) is 11.4. The van der Waals surface area contributed by atoms with E-state index in [0.29, 0.717) is 6.04 Å². The van der Waals surface area contributed by atoms with Crippen LogP contribution in [0.3, 0.4) is 0 Å². The van der Waals surface area contributed by atoms with E-state index in [-0.39, 0.29) is 0 Å². The molecule has 3 heteroatoms. The molecule has 1 aromatic rings. The minimum atomic E-state index is 0.373. The molecule has 0 aliphatic carbocycles. The molecule has 1 atom stereocenters. The van der Waals surface area contributed by atoms with Gasteiger partial charge in [-0.25, -0.2) is 0 Å². The number of benzene rings is 1. The number of nitrogens with one attached hydrogen (secondary N) is 1. The molecule has 0 fully saturated rings. The molecule has 0 amide bonds. The van der Waals surface area contributed by atoms with Gasteiger partial charge in [0.1, 0.15) is 12.4 Å². The average Bonchev–Trinajstić information content (AvgIpc) is 2.29. The summed E-state index contributed by atoms with van der Waals surface area (Å²) in [6.45, 7) is 6.93. The zero-order valence-corrected chi connectivity index (χ0v) is 11.4. The van der Waals surface area contributed by atoms with Crippen molar-refractivity contribution in [2.24, 2.45) is 0 Å². The fourth-order valence-corrected chi connectivity index (χ4v) is 1.64. The molecular formula is C14H24N2O. The van der Waals surface area contributed by atoms with E-state index in [1.807, 2.05) is 26.2 Å². The third kappa shape index (κ3) is 5.20. The Morgan fingerprint density at radius 2 is 2.12 bits per heavy atom. The summed E-state index contributed by atoms with van der Waals surface area (Å²) in [5, 5.41) is 3.40. The van der Waals surface area contributed by atoms with Gasteiger partial charge in [-0.15, -0.1) is 0 Å². The average molecular weight is 236 g/mol. The molecule has 1 N–H and O–H groups in total. The van der Waals surface area contributed by atoms with Crippen molar-refractivity contribution in [1.29, 1.82) is 0 Å². The lowest BCUT2D eigenvalue weighted by atomic mass is 10.1. The number of rotatable bonds is 7. The summed E-state index contributed by atoms with van der Waals surface area (Å²) in [7, 11) is 4.10. The van der Waals surface area contributed by atoms with Gasteiger partial charge in [-0.05, 0) is 45.3 Å². The molecule has 0 aromatic heterocycles. The molecule has 0 spiro atoms. The molecule has 0 saturated carbocycles. The van der Waals surface area contributed by atoms with Crippen LogP contribution in [-0.2, 0) is 0 Å². The minimum absolute atomic E-state index is 0.373. The lowest BCUT2D eigenvalue weighted by Crippen LogP contribution is -2.20. The molecule has 0 bridgehead atoms. The van der Waals surface area contributed by atoms with Gasteiger partial charge in [0, 0.05) is 12.6 Å². The van der Waals surface area contributed by atoms with E-state index < -0.39 is 0 Å². The largest absolute Gasteiger partial charge is 0.492 e. The highest BCUT2D eigenvalue weighted by molar-refractivity contribution is 5.30. The highest BCUT2D eigenvalue weighted by Gasteiger charge is 2.04. The van der Waals surface area contributed by atoms with Crippen molar-refractivity contribution in [1.82, 2.24) is 10.2 Å². The smallest absolute Gasteiger partial charge is 0.119 e. The van der Waals surface area contributed by atoms with Crippen LogP contribution < -0.4 is 10.1 Å². The van der Waals surface area contributed by atoms with Crippen LogP contribution in [0.2, 0.25) is 0 Å². The van der Waals surface area contributed by atoms with E-state index in [0.717, 1.165) is 25.4 Å². The standard InChI is InChI=1S/C14H24N2O/c1-5-15-12(2)13-7-6-8-14(11-13)17-10-9-16(3)4/h6-8,11-12,15H,5,9-10H2,1-4H3. The summed E-state index contributed by atoms with van der Waals surface area (Å²) in [6, 6.07) is 8.68. The van der Waals surface area contributed by atoms with E-state index in [2.05, 4.69) is 36.2 Å². The van der Waals surface area contributed by atoms with E-state index in [1.165, 1.54) is 5.56 Å². The Morgan fingerprint density at radius 1 is 1.35 bits per heavy atom. The van der Waals surface area contributed by atoms with Crippen LogP contribution >= 0.6 is 0 Å². The Hall–Kier alpha value is -1.06. The van der Waals surface area contributed by atoms with Crippen LogP contribution in [0.5, 0.6) is 5.75 Å². The SMILES string of the molecule is CCNC(C)c1cccc(OCCN(C)C)c1. The summed E-state index contributed by atoms with van der Waals surface area (Å²) in [5.74, 6) is 0.953. The molecule has 0 aliphatic rings. The monoisotopic (exact) mass is 236 g/mol. The summed E-state index contributed by atoms with van der Waals surface area (Å²) in [4.78, 5) is 2.12. The lowest BCUT2D eigenvalue weighted by molar-refractivity contribution is 0.261. The van der Waals surface area contributed by atoms with Crippen molar-refractivity contribution in [2.45, 2.75) is 19.9 Å². The summed E-state index contributed by atoms with van der Waals surface area (Å²) < 4.78 is 5.72. The first kappa shape index (κ1) is 14.0. The highest BCUT2D eigenvalue weighted by atomic mass is 16.5. The Balaban J connectivity index is 2.53.